The number of aromatic amines is 1. The van der Waals surface area contributed by atoms with Crippen molar-refractivity contribution in [1.29, 1.82) is 0 Å². The second-order valence-electron chi connectivity index (χ2n) is 5.44. The summed E-state index contributed by atoms with van der Waals surface area (Å²) in [5.74, 6) is 0.941. The van der Waals surface area contributed by atoms with Crippen molar-refractivity contribution in [2.24, 2.45) is 5.92 Å². The number of nitrogens with zero attached hydrogens (tertiary/aromatic N) is 1. The number of fused-ring (bicyclic) bond motifs is 1. The molecule has 2 heterocycles. The first-order chi connectivity index (χ1) is 10.5. The van der Waals surface area contributed by atoms with Gasteiger partial charge in [-0.25, -0.2) is 4.98 Å². The Kier molecular flexibility index (Phi) is 4.02. The zero-order valence-electron chi connectivity index (χ0n) is 12.3. The fraction of sp³-hybridized carbons (Fsp3) is 0.250. The molecule has 0 spiro atoms. The number of hydrogen-bond acceptors (Lipinski definition) is 3. The highest BCUT2D eigenvalue weighted by Gasteiger charge is 2.23. The maximum atomic E-state index is 12.3. The molecular weight excluding hydrogens is 346 g/mol. The van der Waals surface area contributed by atoms with Gasteiger partial charge < -0.3 is 14.7 Å². The summed E-state index contributed by atoms with van der Waals surface area (Å²) in [7, 11) is 0. The van der Waals surface area contributed by atoms with Gasteiger partial charge in [-0.3, -0.25) is 4.79 Å². The van der Waals surface area contributed by atoms with E-state index in [9.17, 15) is 4.79 Å². The molecule has 1 amide bonds. The predicted molar refractivity (Wildman–Crippen MR) is 87.5 cm³/mol. The van der Waals surface area contributed by atoms with Gasteiger partial charge in [-0.15, -0.1) is 0 Å². The Morgan fingerprint density at radius 3 is 2.68 bits per heavy atom. The fourth-order valence-electron chi connectivity index (χ4n) is 2.32. The molecule has 114 valence electrons. The van der Waals surface area contributed by atoms with Crippen molar-refractivity contribution >= 4 is 32.9 Å². The maximum Gasteiger partial charge on any atom is 0.287 e. The van der Waals surface area contributed by atoms with E-state index in [0.29, 0.717) is 4.67 Å². The third kappa shape index (κ3) is 2.92. The fourth-order valence-corrected chi connectivity index (χ4v) is 2.63. The van der Waals surface area contributed by atoms with Gasteiger partial charge >= 0.3 is 0 Å². The Labute approximate surface area is 136 Å². The normalized spacial score (nSPS) is 12.7. The molecule has 2 aromatic heterocycles. The van der Waals surface area contributed by atoms with Crippen LogP contribution in [0.3, 0.4) is 0 Å². The second-order valence-corrected chi connectivity index (χ2v) is 6.22. The molecule has 0 aliphatic rings. The number of amides is 1. The van der Waals surface area contributed by atoms with E-state index in [2.05, 4.69) is 31.2 Å². The first-order valence-corrected chi connectivity index (χ1v) is 7.84. The minimum Gasteiger partial charge on any atom is -0.444 e. The van der Waals surface area contributed by atoms with E-state index in [4.69, 9.17) is 4.42 Å². The van der Waals surface area contributed by atoms with Crippen LogP contribution in [0.1, 0.15) is 36.3 Å². The molecule has 1 unspecified atom stereocenters. The van der Waals surface area contributed by atoms with Gasteiger partial charge in [0.2, 0.25) is 0 Å². The van der Waals surface area contributed by atoms with Crippen molar-refractivity contribution < 1.29 is 9.21 Å². The van der Waals surface area contributed by atoms with Gasteiger partial charge in [0.1, 0.15) is 5.82 Å². The summed E-state index contributed by atoms with van der Waals surface area (Å²) in [6.45, 7) is 4.08. The van der Waals surface area contributed by atoms with E-state index < -0.39 is 0 Å². The number of para-hydroxylation sites is 2. The minimum atomic E-state index is -0.259. The van der Waals surface area contributed by atoms with Crippen LogP contribution in [-0.4, -0.2) is 15.9 Å². The van der Waals surface area contributed by atoms with Crippen LogP contribution in [0, 0.1) is 5.92 Å². The molecule has 6 heteroatoms. The van der Waals surface area contributed by atoms with Crippen molar-refractivity contribution in [3.8, 4) is 0 Å². The molecule has 3 aromatic rings. The van der Waals surface area contributed by atoms with Crippen LogP contribution in [0.4, 0.5) is 0 Å². The van der Waals surface area contributed by atoms with E-state index in [1.54, 1.807) is 12.1 Å². The molecule has 0 radical (unpaired) electrons. The van der Waals surface area contributed by atoms with E-state index in [1.165, 1.54) is 0 Å². The smallest absolute Gasteiger partial charge is 0.287 e. The number of imidazole rings is 1. The monoisotopic (exact) mass is 361 g/mol. The van der Waals surface area contributed by atoms with Crippen LogP contribution < -0.4 is 5.32 Å². The summed E-state index contributed by atoms with van der Waals surface area (Å²) >= 11 is 3.20. The lowest BCUT2D eigenvalue weighted by Gasteiger charge is -2.19. The Balaban J connectivity index is 1.88. The number of furan rings is 1. The van der Waals surface area contributed by atoms with Gasteiger partial charge in [-0.05, 0) is 46.1 Å². The van der Waals surface area contributed by atoms with E-state index in [-0.39, 0.29) is 23.6 Å². The Morgan fingerprint density at radius 2 is 2.05 bits per heavy atom. The van der Waals surface area contributed by atoms with Crippen molar-refractivity contribution in [2.75, 3.05) is 0 Å². The SMILES string of the molecule is CC(C)C(NC(=O)c1ccc(Br)o1)c1nc2ccccc2[nH]1. The zero-order chi connectivity index (χ0) is 15.7. The summed E-state index contributed by atoms with van der Waals surface area (Å²) in [5.41, 5.74) is 1.84. The summed E-state index contributed by atoms with van der Waals surface area (Å²) in [4.78, 5) is 20.1. The van der Waals surface area contributed by atoms with E-state index in [1.807, 2.05) is 38.1 Å². The number of nitrogens with one attached hydrogen (secondary N) is 2. The molecule has 2 N–H and O–H groups in total. The zero-order valence-corrected chi connectivity index (χ0v) is 13.8. The molecule has 0 aliphatic heterocycles. The van der Waals surface area contributed by atoms with Gasteiger partial charge in [-0.1, -0.05) is 26.0 Å². The first kappa shape index (κ1) is 14.8. The molecule has 0 bridgehead atoms. The highest BCUT2D eigenvalue weighted by molar-refractivity contribution is 9.10. The summed E-state index contributed by atoms with van der Waals surface area (Å²) < 4.78 is 5.82. The minimum absolute atomic E-state index is 0.183. The maximum absolute atomic E-state index is 12.3. The molecule has 0 fully saturated rings. The quantitative estimate of drug-likeness (QED) is 0.736. The average Bonchev–Trinajstić information content (AvgIpc) is 3.09. The summed E-state index contributed by atoms with van der Waals surface area (Å²) in [5, 5.41) is 2.98. The topological polar surface area (TPSA) is 70.9 Å². The highest BCUT2D eigenvalue weighted by Crippen LogP contribution is 2.23. The van der Waals surface area contributed by atoms with Gasteiger partial charge in [0, 0.05) is 0 Å². The Hall–Kier alpha value is -2.08. The number of carbonyl (C=O) groups is 1. The number of halogens is 1. The molecule has 0 aliphatic carbocycles. The molecule has 0 saturated carbocycles. The lowest BCUT2D eigenvalue weighted by atomic mass is 10.0. The van der Waals surface area contributed by atoms with Gasteiger partial charge in [0.25, 0.3) is 5.91 Å². The van der Waals surface area contributed by atoms with Crippen LogP contribution in [0.15, 0.2) is 45.5 Å². The molecule has 22 heavy (non-hydrogen) atoms. The summed E-state index contributed by atoms with van der Waals surface area (Å²) in [6.07, 6.45) is 0. The lowest BCUT2D eigenvalue weighted by Crippen LogP contribution is -2.32. The van der Waals surface area contributed by atoms with Crippen molar-refractivity contribution in [1.82, 2.24) is 15.3 Å². The number of hydrogen-bond donors (Lipinski definition) is 2. The lowest BCUT2D eigenvalue weighted by molar-refractivity contribution is 0.0894. The van der Waals surface area contributed by atoms with Crippen LogP contribution in [0.2, 0.25) is 0 Å². The number of benzene rings is 1. The Bertz CT molecular complexity index is 773. The largest absolute Gasteiger partial charge is 0.444 e. The average molecular weight is 362 g/mol. The third-order valence-electron chi connectivity index (χ3n) is 3.45. The van der Waals surface area contributed by atoms with E-state index >= 15 is 0 Å². The molecule has 1 aromatic carbocycles. The highest BCUT2D eigenvalue weighted by atomic mass is 79.9. The molecular formula is C16H16BrN3O2. The Morgan fingerprint density at radius 1 is 1.27 bits per heavy atom. The van der Waals surface area contributed by atoms with E-state index in [0.717, 1.165) is 16.9 Å². The van der Waals surface area contributed by atoms with Crippen LogP contribution in [0.5, 0.6) is 0 Å². The molecule has 3 rings (SSSR count). The number of aromatic nitrogens is 2. The predicted octanol–water partition coefficient (Wildman–Crippen LogP) is 4.05. The van der Waals surface area contributed by atoms with Crippen molar-refractivity contribution in [3.63, 3.8) is 0 Å². The standard InChI is InChI=1S/C16H16BrN3O2/c1-9(2)14(20-16(21)12-7-8-13(17)22-12)15-18-10-5-3-4-6-11(10)19-15/h3-9,14H,1-2H3,(H,18,19)(H,20,21). The van der Waals surface area contributed by atoms with Crippen LogP contribution in [0.25, 0.3) is 11.0 Å². The molecule has 1 atom stereocenters. The molecule has 0 saturated heterocycles. The second kappa shape index (κ2) is 5.96. The number of carbonyl (C=O) groups excluding carboxylic acids is 1. The van der Waals surface area contributed by atoms with Crippen LogP contribution in [-0.2, 0) is 0 Å². The number of rotatable bonds is 4. The third-order valence-corrected chi connectivity index (χ3v) is 3.88. The van der Waals surface area contributed by atoms with Crippen LogP contribution >= 0.6 is 15.9 Å². The van der Waals surface area contributed by atoms with Gasteiger partial charge in [0.15, 0.2) is 10.4 Å². The van der Waals surface area contributed by atoms with Crippen molar-refractivity contribution in [3.05, 3.63) is 52.7 Å². The van der Waals surface area contributed by atoms with Gasteiger partial charge in [0.05, 0.1) is 17.1 Å². The van der Waals surface area contributed by atoms with Gasteiger partial charge in [-0.2, -0.15) is 0 Å². The number of H-pyrrole nitrogens is 1. The first-order valence-electron chi connectivity index (χ1n) is 7.05. The summed E-state index contributed by atoms with van der Waals surface area (Å²) in [6, 6.07) is 10.9. The molecule has 5 nitrogen and oxygen atoms in total. The van der Waals surface area contributed by atoms with Crippen molar-refractivity contribution in [2.45, 2.75) is 19.9 Å².